The number of thiophene rings is 1. The molecule has 100 valence electrons. The lowest BCUT2D eigenvalue weighted by atomic mass is 10.1. The van der Waals surface area contributed by atoms with E-state index in [0.717, 1.165) is 17.0 Å². The van der Waals surface area contributed by atoms with Crippen molar-refractivity contribution in [1.29, 1.82) is 0 Å². The van der Waals surface area contributed by atoms with E-state index in [1.807, 2.05) is 17.5 Å². The third kappa shape index (κ3) is 4.19. The minimum absolute atomic E-state index is 0.00707. The monoisotopic (exact) mass is 274 g/mol. The van der Waals surface area contributed by atoms with E-state index in [9.17, 15) is 4.79 Å². The fraction of sp³-hybridized carbons (Fsp3) is 0.267. The first-order chi connectivity index (χ1) is 9.15. The predicted molar refractivity (Wildman–Crippen MR) is 79.3 cm³/mol. The third-order valence-corrected chi connectivity index (χ3v) is 3.59. The second-order valence-electron chi connectivity index (χ2n) is 4.71. The Hall–Kier alpha value is -1.65. The number of nitrogens with zero attached hydrogens (tertiary/aromatic N) is 1. The van der Waals surface area contributed by atoms with Crippen LogP contribution >= 0.6 is 11.3 Å². The van der Waals surface area contributed by atoms with Gasteiger partial charge in [-0.05, 0) is 36.7 Å². The number of rotatable bonds is 5. The van der Waals surface area contributed by atoms with Crippen molar-refractivity contribution in [2.75, 3.05) is 14.1 Å². The standard InChI is InChI=1S/C15H18N2OS/c1-17(2)11-13-7-5-12(6-8-13)10-16-15(18)14-4-3-9-19-14/h3-9H,10-11H2,1-2H3,(H,16,18). The van der Waals surface area contributed by atoms with Crippen LogP contribution in [0.4, 0.5) is 0 Å². The first-order valence-electron chi connectivity index (χ1n) is 6.19. The summed E-state index contributed by atoms with van der Waals surface area (Å²) in [7, 11) is 4.10. The molecule has 0 unspecified atom stereocenters. The van der Waals surface area contributed by atoms with Crippen molar-refractivity contribution in [1.82, 2.24) is 10.2 Å². The molecular formula is C15H18N2OS. The van der Waals surface area contributed by atoms with E-state index in [1.165, 1.54) is 16.9 Å². The molecule has 1 aromatic heterocycles. The van der Waals surface area contributed by atoms with Gasteiger partial charge in [-0.15, -0.1) is 11.3 Å². The van der Waals surface area contributed by atoms with Crippen molar-refractivity contribution in [3.05, 3.63) is 57.8 Å². The Morgan fingerprint density at radius 2 is 1.84 bits per heavy atom. The van der Waals surface area contributed by atoms with Crippen LogP contribution in [0.15, 0.2) is 41.8 Å². The molecule has 2 rings (SSSR count). The van der Waals surface area contributed by atoms with Gasteiger partial charge in [0.15, 0.2) is 0 Å². The summed E-state index contributed by atoms with van der Waals surface area (Å²) in [6.07, 6.45) is 0. The largest absolute Gasteiger partial charge is 0.347 e. The molecule has 0 atom stereocenters. The minimum Gasteiger partial charge on any atom is -0.347 e. The predicted octanol–water partition coefficient (Wildman–Crippen LogP) is 2.74. The normalized spacial score (nSPS) is 10.7. The summed E-state index contributed by atoms with van der Waals surface area (Å²) >= 11 is 1.46. The lowest BCUT2D eigenvalue weighted by Gasteiger charge is -2.10. The summed E-state index contributed by atoms with van der Waals surface area (Å²) in [5.41, 5.74) is 2.39. The quantitative estimate of drug-likeness (QED) is 0.909. The smallest absolute Gasteiger partial charge is 0.261 e. The van der Waals surface area contributed by atoms with Crippen molar-refractivity contribution < 1.29 is 4.79 Å². The summed E-state index contributed by atoms with van der Waals surface area (Å²) in [5.74, 6) is -0.00707. The molecule has 1 N–H and O–H groups in total. The first kappa shape index (κ1) is 13.8. The number of carbonyl (C=O) groups is 1. The van der Waals surface area contributed by atoms with Crippen LogP contribution in [0.2, 0.25) is 0 Å². The third-order valence-electron chi connectivity index (χ3n) is 2.72. The van der Waals surface area contributed by atoms with Crippen LogP contribution in [0, 0.1) is 0 Å². The molecule has 0 spiro atoms. The minimum atomic E-state index is -0.00707. The maximum atomic E-state index is 11.8. The van der Waals surface area contributed by atoms with E-state index in [0.29, 0.717) is 6.54 Å². The van der Waals surface area contributed by atoms with Gasteiger partial charge in [-0.25, -0.2) is 0 Å². The van der Waals surface area contributed by atoms with Crippen molar-refractivity contribution >= 4 is 17.2 Å². The average Bonchev–Trinajstić information content (AvgIpc) is 2.91. The molecule has 1 aromatic carbocycles. The zero-order chi connectivity index (χ0) is 13.7. The summed E-state index contributed by atoms with van der Waals surface area (Å²) in [6, 6.07) is 12.1. The molecule has 1 amide bonds. The van der Waals surface area contributed by atoms with Gasteiger partial charge in [-0.1, -0.05) is 30.3 Å². The van der Waals surface area contributed by atoms with Gasteiger partial charge in [0, 0.05) is 13.1 Å². The van der Waals surface area contributed by atoms with Gasteiger partial charge in [0.1, 0.15) is 0 Å². The fourth-order valence-corrected chi connectivity index (χ4v) is 2.44. The topological polar surface area (TPSA) is 32.3 Å². The van der Waals surface area contributed by atoms with E-state index in [1.54, 1.807) is 0 Å². The Labute approximate surface area is 117 Å². The maximum absolute atomic E-state index is 11.8. The number of hydrogen-bond donors (Lipinski definition) is 1. The van der Waals surface area contributed by atoms with E-state index in [2.05, 4.69) is 48.6 Å². The van der Waals surface area contributed by atoms with Crippen molar-refractivity contribution in [3.8, 4) is 0 Å². The van der Waals surface area contributed by atoms with Crippen LogP contribution < -0.4 is 5.32 Å². The lowest BCUT2D eigenvalue weighted by molar-refractivity contribution is 0.0955. The van der Waals surface area contributed by atoms with Crippen LogP contribution in [0.1, 0.15) is 20.8 Å². The van der Waals surface area contributed by atoms with Gasteiger partial charge in [0.25, 0.3) is 5.91 Å². The van der Waals surface area contributed by atoms with Gasteiger partial charge >= 0.3 is 0 Å². The number of amides is 1. The van der Waals surface area contributed by atoms with Crippen LogP contribution in [0.3, 0.4) is 0 Å². The molecule has 0 aliphatic carbocycles. The van der Waals surface area contributed by atoms with Crippen molar-refractivity contribution in [2.45, 2.75) is 13.1 Å². The summed E-state index contributed by atoms with van der Waals surface area (Å²) < 4.78 is 0. The van der Waals surface area contributed by atoms with Gasteiger partial charge < -0.3 is 10.2 Å². The van der Waals surface area contributed by atoms with Crippen LogP contribution in [0.5, 0.6) is 0 Å². The van der Waals surface area contributed by atoms with Crippen LogP contribution in [0.25, 0.3) is 0 Å². The van der Waals surface area contributed by atoms with E-state index in [-0.39, 0.29) is 5.91 Å². The SMILES string of the molecule is CN(C)Cc1ccc(CNC(=O)c2cccs2)cc1. The molecule has 3 nitrogen and oxygen atoms in total. The zero-order valence-corrected chi connectivity index (χ0v) is 12.0. The highest BCUT2D eigenvalue weighted by Crippen LogP contribution is 2.09. The van der Waals surface area contributed by atoms with Crippen molar-refractivity contribution in [2.24, 2.45) is 0 Å². The highest BCUT2D eigenvalue weighted by molar-refractivity contribution is 7.12. The van der Waals surface area contributed by atoms with Gasteiger partial charge in [-0.3, -0.25) is 4.79 Å². The van der Waals surface area contributed by atoms with Gasteiger partial charge in [0.05, 0.1) is 4.88 Å². The Balaban J connectivity index is 1.88. The highest BCUT2D eigenvalue weighted by atomic mass is 32.1. The van der Waals surface area contributed by atoms with E-state index in [4.69, 9.17) is 0 Å². The molecule has 4 heteroatoms. The Kier molecular flexibility index (Phi) is 4.71. The maximum Gasteiger partial charge on any atom is 0.261 e. The fourth-order valence-electron chi connectivity index (χ4n) is 1.80. The molecule has 0 saturated carbocycles. The van der Waals surface area contributed by atoms with E-state index < -0.39 is 0 Å². The molecule has 0 aliphatic rings. The van der Waals surface area contributed by atoms with E-state index >= 15 is 0 Å². The zero-order valence-electron chi connectivity index (χ0n) is 11.2. The van der Waals surface area contributed by atoms with Crippen LogP contribution in [-0.4, -0.2) is 24.9 Å². The number of hydrogen-bond acceptors (Lipinski definition) is 3. The second-order valence-corrected chi connectivity index (χ2v) is 5.66. The second kappa shape index (κ2) is 6.50. The van der Waals surface area contributed by atoms with Crippen molar-refractivity contribution in [3.63, 3.8) is 0 Å². The Morgan fingerprint density at radius 1 is 1.16 bits per heavy atom. The molecule has 0 aliphatic heterocycles. The summed E-state index contributed by atoms with van der Waals surface area (Å²) in [4.78, 5) is 14.7. The highest BCUT2D eigenvalue weighted by Gasteiger charge is 2.05. The molecule has 1 heterocycles. The molecule has 0 bridgehead atoms. The molecule has 2 aromatic rings. The molecule has 0 radical (unpaired) electrons. The number of benzene rings is 1. The molecule has 19 heavy (non-hydrogen) atoms. The van der Waals surface area contributed by atoms with Crippen LogP contribution in [-0.2, 0) is 13.1 Å². The first-order valence-corrected chi connectivity index (χ1v) is 7.07. The number of carbonyl (C=O) groups excluding carboxylic acids is 1. The van der Waals surface area contributed by atoms with Gasteiger partial charge in [-0.2, -0.15) is 0 Å². The summed E-state index contributed by atoms with van der Waals surface area (Å²) in [6.45, 7) is 1.50. The average molecular weight is 274 g/mol. The molecule has 0 fully saturated rings. The summed E-state index contributed by atoms with van der Waals surface area (Å²) in [5, 5.41) is 4.83. The Morgan fingerprint density at radius 3 is 2.42 bits per heavy atom. The molecule has 0 saturated heterocycles. The Bertz CT molecular complexity index is 518. The lowest BCUT2D eigenvalue weighted by Crippen LogP contribution is -2.21. The van der Waals surface area contributed by atoms with Gasteiger partial charge in [0.2, 0.25) is 0 Å². The number of nitrogens with one attached hydrogen (secondary N) is 1. The molecular weight excluding hydrogens is 256 g/mol.